The summed E-state index contributed by atoms with van der Waals surface area (Å²) in [5.41, 5.74) is 13.3. The Morgan fingerprint density at radius 2 is 1.47 bits per heavy atom. The lowest BCUT2D eigenvalue weighted by Gasteiger charge is -2.27. The molecule has 0 bridgehead atoms. The summed E-state index contributed by atoms with van der Waals surface area (Å²) in [6.07, 6.45) is 1.52. The number of carbonyl (C=O) groups excluding carboxylic acids is 7. The van der Waals surface area contributed by atoms with Crippen molar-refractivity contribution in [2.75, 3.05) is 18.1 Å². The van der Waals surface area contributed by atoms with Crippen molar-refractivity contribution >= 4 is 73.8 Å². The molecule has 1 aliphatic heterocycles. The zero-order valence-electron chi connectivity index (χ0n) is 33.5. The van der Waals surface area contributed by atoms with Gasteiger partial charge in [-0.25, -0.2) is 0 Å². The van der Waals surface area contributed by atoms with E-state index in [2.05, 4.69) is 36.9 Å². The number of nitrogens with one attached hydrogen (secondary N) is 7. The van der Waals surface area contributed by atoms with Crippen LogP contribution in [0.1, 0.15) is 57.1 Å². The number of benzene rings is 2. The fourth-order valence-corrected chi connectivity index (χ4v) is 8.61. The van der Waals surface area contributed by atoms with Crippen molar-refractivity contribution in [3.63, 3.8) is 0 Å². The second-order valence-corrected chi connectivity index (χ2v) is 17.1. The van der Waals surface area contributed by atoms with Gasteiger partial charge in [0.05, 0.1) is 6.10 Å². The number of aliphatic hydroxyl groups is 1. The van der Waals surface area contributed by atoms with Crippen LogP contribution in [-0.4, -0.2) is 117 Å². The Kier molecular flexibility index (Phi) is 18.5. The molecule has 0 aliphatic carbocycles. The van der Waals surface area contributed by atoms with Crippen LogP contribution in [0, 0.1) is 0 Å². The Morgan fingerprint density at radius 1 is 0.833 bits per heavy atom. The van der Waals surface area contributed by atoms with Gasteiger partial charge in [0.15, 0.2) is 0 Å². The van der Waals surface area contributed by atoms with Gasteiger partial charge in [-0.05, 0) is 68.5 Å². The van der Waals surface area contributed by atoms with Crippen LogP contribution in [0.4, 0.5) is 0 Å². The van der Waals surface area contributed by atoms with E-state index in [0.717, 1.165) is 21.7 Å². The molecule has 1 fully saturated rings. The van der Waals surface area contributed by atoms with Gasteiger partial charge in [0.25, 0.3) is 0 Å². The molecule has 13 N–H and O–H groups in total. The van der Waals surface area contributed by atoms with Gasteiger partial charge in [0.1, 0.15) is 42.0 Å². The predicted molar refractivity (Wildman–Crippen MR) is 229 cm³/mol. The smallest absolute Gasteiger partial charge is 0.244 e. The van der Waals surface area contributed by atoms with Crippen LogP contribution in [-0.2, 0) is 46.4 Å². The molecule has 7 atom stereocenters. The van der Waals surface area contributed by atoms with Crippen molar-refractivity contribution in [1.29, 1.82) is 0 Å². The first-order valence-corrected chi connectivity index (χ1v) is 22.2. The lowest BCUT2D eigenvalue weighted by atomic mass is 10.0. The summed E-state index contributed by atoms with van der Waals surface area (Å²) in [4.78, 5) is 98.1. The van der Waals surface area contributed by atoms with Crippen LogP contribution < -0.4 is 43.4 Å². The molecule has 7 amide bonds. The summed E-state index contributed by atoms with van der Waals surface area (Å²) in [7, 11) is 2.36. The maximum atomic E-state index is 14.3. The molecule has 18 nitrogen and oxygen atoms in total. The summed E-state index contributed by atoms with van der Waals surface area (Å²) in [5, 5.41) is 36.8. The van der Waals surface area contributed by atoms with E-state index < -0.39 is 83.7 Å². The second kappa shape index (κ2) is 23.5. The number of H-pyrrole nitrogens is 1. The number of hydrogen-bond donors (Lipinski definition) is 11. The average molecular weight is 870 g/mol. The van der Waals surface area contributed by atoms with Crippen LogP contribution in [0.15, 0.2) is 54.7 Å². The Hall–Kier alpha value is -5.31. The maximum absolute atomic E-state index is 14.3. The number of amides is 7. The normalized spacial score (nSPS) is 22.6. The predicted octanol–water partition coefficient (Wildman–Crippen LogP) is -0.242. The highest BCUT2D eigenvalue weighted by Crippen LogP contribution is 2.24. The van der Waals surface area contributed by atoms with Crippen molar-refractivity contribution in [2.24, 2.45) is 11.5 Å². The Balaban J connectivity index is 1.70. The third-order valence-electron chi connectivity index (χ3n) is 9.83. The fraction of sp³-hybridized carbons (Fsp3) is 0.475. The summed E-state index contributed by atoms with van der Waals surface area (Å²) < 4.78 is 0. The first kappa shape index (κ1) is 47.4. The standard InChI is InChI=1S/C40H55N9O9S2/c1-3-27-36(54)48-32(40(58)49-34(22(2)50)35(42)53)21-60-59-17-15-33(52)44-30(18-23-11-13-25(51)14-12-23)38(56)47-31(19-24-20-43-28-9-5-4-8-26(24)28)39(57)46-29(37(55)45-27)10-6-7-16-41/h4-5,8-9,11-14,20,22,27,29-32,34,43,50-51H,3,6-7,10,15-19,21,41H2,1-2H3,(H2,42,53)(H,44,52)(H,45,55)(H,46,57)(H,47,56)(H,48,54)(H,49,58)/t22-,27+,29+,30+,31-,32+,34+/m1/s1. The topological polar surface area (TPSA) is 300 Å². The molecule has 2 heterocycles. The number of aromatic hydroxyl groups is 1. The number of aromatic nitrogens is 1. The van der Waals surface area contributed by atoms with Crippen molar-refractivity contribution in [3.8, 4) is 5.75 Å². The average Bonchev–Trinajstić information content (AvgIpc) is 3.62. The van der Waals surface area contributed by atoms with Crippen molar-refractivity contribution in [1.82, 2.24) is 36.9 Å². The van der Waals surface area contributed by atoms with Gasteiger partial charge in [-0.2, -0.15) is 0 Å². The minimum absolute atomic E-state index is 0.00157. The Morgan fingerprint density at radius 3 is 2.13 bits per heavy atom. The van der Waals surface area contributed by atoms with Crippen LogP contribution in [0.3, 0.4) is 0 Å². The first-order valence-electron chi connectivity index (χ1n) is 19.8. The van der Waals surface area contributed by atoms with Crippen LogP contribution in [0.25, 0.3) is 10.9 Å². The lowest BCUT2D eigenvalue weighted by Crippen LogP contribution is -2.60. The van der Waals surface area contributed by atoms with Crippen molar-refractivity contribution in [2.45, 2.75) is 101 Å². The molecule has 326 valence electrons. The van der Waals surface area contributed by atoms with Gasteiger partial charge >= 0.3 is 0 Å². The number of primary amides is 1. The number of aromatic amines is 1. The highest BCUT2D eigenvalue weighted by Gasteiger charge is 2.34. The summed E-state index contributed by atoms with van der Waals surface area (Å²) >= 11 is 0. The number of nitrogens with two attached hydrogens (primary N) is 2. The number of unbranched alkanes of at least 4 members (excludes halogenated alkanes) is 1. The van der Waals surface area contributed by atoms with Gasteiger partial charge in [-0.3, -0.25) is 33.6 Å². The summed E-state index contributed by atoms with van der Waals surface area (Å²) in [6.45, 7) is 3.24. The zero-order chi connectivity index (χ0) is 43.8. The van der Waals surface area contributed by atoms with E-state index >= 15 is 0 Å². The number of fused-ring (bicyclic) bond motifs is 1. The molecule has 0 radical (unpaired) electrons. The lowest BCUT2D eigenvalue weighted by molar-refractivity contribution is -0.135. The van der Waals surface area contributed by atoms with E-state index in [4.69, 9.17) is 11.5 Å². The van der Waals surface area contributed by atoms with Gasteiger partial charge in [0.2, 0.25) is 41.4 Å². The molecule has 1 aliphatic rings. The molecule has 4 rings (SSSR count). The largest absolute Gasteiger partial charge is 0.508 e. The number of phenolic OH excluding ortho intramolecular Hbond substituents is 1. The number of rotatable bonds is 13. The number of carbonyl (C=O) groups is 7. The van der Waals surface area contributed by atoms with E-state index in [1.165, 1.54) is 29.9 Å². The maximum Gasteiger partial charge on any atom is 0.244 e. The van der Waals surface area contributed by atoms with Gasteiger partial charge < -0.3 is 58.6 Å². The third kappa shape index (κ3) is 14.2. The van der Waals surface area contributed by atoms with Crippen LogP contribution in [0.2, 0.25) is 0 Å². The van der Waals surface area contributed by atoms with E-state index in [-0.39, 0.29) is 49.4 Å². The second-order valence-electron chi connectivity index (χ2n) is 14.5. The SMILES string of the molecule is CC[C@@H]1NC(=O)[C@H](CCCCN)NC(=O)[C@@H](Cc2c[nH]c3ccccc23)NC(=O)[C@H](Cc2ccc(O)cc2)NC(=O)CCSSC[C@@H](C(=O)N[C@H](C(N)=O)[C@@H](C)O)NC1=O. The number of hydrogen-bond acceptors (Lipinski definition) is 12. The minimum Gasteiger partial charge on any atom is -0.508 e. The highest BCUT2D eigenvalue weighted by molar-refractivity contribution is 8.76. The third-order valence-corrected chi connectivity index (χ3v) is 12.2. The van der Waals surface area contributed by atoms with E-state index in [1.807, 2.05) is 24.3 Å². The quantitative estimate of drug-likeness (QED) is 0.0784. The van der Waals surface area contributed by atoms with Crippen molar-refractivity contribution < 1.29 is 43.8 Å². The highest BCUT2D eigenvalue weighted by atomic mass is 33.1. The molecule has 1 aromatic heterocycles. The molecule has 1 saturated heterocycles. The zero-order valence-corrected chi connectivity index (χ0v) is 35.2. The van der Waals surface area contributed by atoms with E-state index in [9.17, 15) is 43.8 Å². The molecule has 0 saturated carbocycles. The Bertz CT molecular complexity index is 1960. The molecule has 3 aromatic rings. The molecule has 0 spiro atoms. The Labute approximate surface area is 355 Å². The number of phenols is 1. The monoisotopic (exact) mass is 869 g/mol. The molecule has 2 aromatic carbocycles. The molecular formula is C40H55N9O9S2. The first-order chi connectivity index (χ1) is 28.7. The van der Waals surface area contributed by atoms with Gasteiger partial charge in [-0.15, -0.1) is 0 Å². The van der Waals surface area contributed by atoms with Gasteiger partial charge in [-0.1, -0.05) is 58.8 Å². The molecule has 0 unspecified atom stereocenters. The fourth-order valence-electron chi connectivity index (χ4n) is 6.45. The number of para-hydroxylation sites is 1. The number of aliphatic hydroxyl groups excluding tert-OH is 1. The molecular weight excluding hydrogens is 815 g/mol. The van der Waals surface area contributed by atoms with Crippen LogP contribution >= 0.6 is 21.6 Å². The molecule has 60 heavy (non-hydrogen) atoms. The minimum atomic E-state index is -1.46. The van der Waals surface area contributed by atoms with Gasteiger partial charge in [0, 0.05) is 47.9 Å². The van der Waals surface area contributed by atoms with Crippen LogP contribution in [0.5, 0.6) is 5.75 Å². The summed E-state index contributed by atoms with van der Waals surface area (Å²) in [6, 6.07) is 6.08. The van der Waals surface area contributed by atoms with E-state index in [1.54, 1.807) is 25.3 Å². The van der Waals surface area contributed by atoms with E-state index in [0.29, 0.717) is 30.5 Å². The summed E-state index contributed by atoms with van der Waals surface area (Å²) in [5.74, 6) is -4.91. The van der Waals surface area contributed by atoms with Crippen molar-refractivity contribution in [3.05, 3.63) is 65.9 Å². The molecule has 20 heteroatoms.